The second-order valence-electron chi connectivity index (χ2n) is 7.28. The van der Waals surface area contributed by atoms with E-state index in [-0.39, 0.29) is 12.3 Å². The number of halogens is 3. The molecule has 158 valence electrons. The van der Waals surface area contributed by atoms with Crippen LogP contribution in [0.1, 0.15) is 16.8 Å². The second kappa shape index (κ2) is 7.86. The zero-order valence-corrected chi connectivity index (χ0v) is 16.9. The summed E-state index contributed by atoms with van der Waals surface area (Å²) in [4.78, 5) is 17.2. The molecule has 1 amide bonds. The number of nitrogens with one attached hydrogen (secondary N) is 1. The van der Waals surface area contributed by atoms with Crippen LogP contribution in [0.3, 0.4) is 0 Å². The predicted molar refractivity (Wildman–Crippen MR) is 112 cm³/mol. The number of pyridine rings is 1. The van der Waals surface area contributed by atoms with Crippen molar-refractivity contribution in [3.05, 3.63) is 77.5 Å². The Bertz CT molecular complexity index is 1280. The predicted octanol–water partition coefficient (Wildman–Crippen LogP) is 5.14. The van der Waals surface area contributed by atoms with Gasteiger partial charge in [0.15, 0.2) is 0 Å². The molecule has 2 heterocycles. The number of hydrogen-bond donors (Lipinski definition) is 1. The number of alkyl halides is 3. The van der Waals surface area contributed by atoms with Crippen molar-refractivity contribution in [3.8, 4) is 11.3 Å². The van der Waals surface area contributed by atoms with Gasteiger partial charge in [-0.1, -0.05) is 36.4 Å². The number of anilines is 1. The highest BCUT2D eigenvalue weighted by Crippen LogP contribution is 2.32. The highest BCUT2D eigenvalue weighted by Gasteiger charge is 2.30. The van der Waals surface area contributed by atoms with Gasteiger partial charge in [-0.15, -0.1) is 0 Å². The molecule has 0 spiro atoms. The Hall–Kier alpha value is -3.68. The molecule has 0 unspecified atom stereocenters. The summed E-state index contributed by atoms with van der Waals surface area (Å²) in [5.74, 6) is 0.349. The zero-order valence-electron chi connectivity index (χ0n) is 16.9. The van der Waals surface area contributed by atoms with Gasteiger partial charge in [0.05, 0.1) is 28.9 Å². The van der Waals surface area contributed by atoms with Crippen molar-refractivity contribution in [2.75, 3.05) is 5.32 Å². The van der Waals surface area contributed by atoms with E-state index in [9.17, 15) is 18.0 Å². The minimum Gasteiger partial charge on any atom is -0.311 e. The number of aromatic nitrogens is 3. The summed E-state index contributed by atoms with van der Waals surface area (Å²) in [6, 6.07) is 15.8. The first-order valence-electron chi connectivity index (χ1n) is 9.57. The van der Waals surface area contributed by atoms with E-state index in [2.05, 4.69) is 15.4 Å². The van der Waals surface area contributed by atoms with Gasteiger partial charge in [0, 0.05) is 24.1 Å². The van der Waals surface area contributed by atoms with Crippen LogP contribution in [0.2, 0.25) is 0 Å². The van der Waals surface area contributed by atoms with Crippen molar-refractivity contribution in [2.45, 2.75) is 19.5 Å². The van der Waals surface area contributed by atoms with Gasteiger partial charge in [0.25, 0.3) is 0 Å². The lowest BCUT2D eigenvalue weighted by Gasteiger charge is -2.11. The topological polar surface area (TPSA) is 59.8 Å². The van der Waals surface area contributed by atoms with Crippen molar-refractivity contribution in [1.29, 1.82) is 0 Å². The standard InChI is InChI=1S/C23H19F3N4O/c1-14-11-20(30(2)29-14)28-21(31)13-17-7-3-5-15-9-10-19(27-22(15)17)16-6-4-8-18(12-16)23(24,25)26/h3-12H,13H2,1-2H3,(H,28,31). The number of benzene rings is 2. The van der Waals surface area contributed by atoms with Crippen LogP contribution in [0.5, 0.6) is 0 Å². The van der Waals surface area contributed by atoms with Crippen molar-refractivity contribution in [1.82, 2.24) is 14.8 Å². The van der Waals surface area contributed by atoms with E-state index in [0.717, 1.165) is 23.2 Å². The van der Waals surface area contributed by atoms with Crippen LogP contribution >= 0.6 is 0 Å². The zero-order chi connectivity index (χ0) is 22.2. The van der Waals surface area contributed by atoms with E-state index in [1.807, 2.05) is 19.1 Å². The Morgan fingerprint density at radius 1 is 1.06 bits per heavy atom. The van der Waals surface area contributed by atoms with Crippen molar-refractivity contribution >= 4 is 22.6 Å². The number of para-hydroxylation sites is 1. The van der Waals surface area contributed by atoms with Gasteiger partial charge >= 0.3 is 6.18 Å². The molecule has 4 aromatic rings. The van der Waals surface area contributed by atoms with E-state index in [4.69, 9.17) is 0 Å². The lowest BCUT2D eigenvalue weighted by atomic mass is 10.0. The van der Waals surface area contributed by atoms with Gasteiger partial charge in [-0.3, -0.25) is 9.48 Å². The number of amides is 1. The number of rotatable bonds is 4. The maximum absolute atomic E-state index is 13.1. The fourth-order valence-corrected chi connectivity index (χ4v) is 3.45. The number of fused-ring (bicyclic) bond motifs is 1. The quantitative estimate of drug-likeness (QED) is 0.493. The van der Waals surface area contributed by atoms with Crippen LogP contribution in [0.25, 0.3) is 22.2 Å². The molecule has 0 bridgehead atoms. The molecule has 0 aliphatic heterocycles. The SMILES string of the molecule is Cc1cc(NC(=O)Cc2cccc3ccc(-c4cccc(C(F)(F)F)c4)nc23)n(C)n1. The molecule has 0 aliphatic carbocycles. The van der Waals surface area contributed by atoms with Gasteiger partial charge in [-0.2, -0.15) is 18.3 Å². The van der Waals surface area contributed by atoms with E-state index < -0.39 is 11.7 Å². The number of aryl methyl sites for hydroxylation is 2. The molecule has 5 nitrogen and oxygen atoms in total. The molecule has 2 aromatic heterocycles. The molecular formula is C23H19F3N4O. The maximum Gasteiger partial charge on any atom is 0.416 e. The number of nitrogens with zero attached hydrogens (tertiary/aromatic N) is 3. The first-order valence-corrected chi connectivity index (χ1v) is 9.57. The summed E-state index contributed by atoms with van der Waals surface area (Å²) in [6.45, 7) is 1.83. The minimum atomic E-state index is -4.43. The van der Waals surface area contributed by atoms with Gasteiger partial charge in [-0.25, -0.2) is 4.98 Å². The molecule has 0 aliphatic rings. The largest absolute Gasteiger partial charge is 0.416 e. The van der Waals surface area contributed by atoms with E-state index in [0.29, 0.717) is 28.2 Å². The van der Waals surface area contributed by atoms with Crippen molar-refractivity contribution in [2.24, 2.45) is 7.05 Å². The summed E-state index contributed by atoms with van der Waals surface area (Å²) in [5, 5.41) is 7.83. The van der Waals surface area contributed by atoms with Gasteiger partial charge < -0.3 is 5.32 Å². The van der Waals surface area contributed by atoms with E-state index in [1.54, 1.807) is 42.1 Å². The Morgan fingerprint density at radius 3 is 2.55 bits per heavy atom. The van der Waals surface area contributed by atoms with E-state index in [1.165, 1.54) is 6.07 Å². The van der Waals surface area contributed by atoms with Gasteiger partial charge in [-0.05, 0) is 30.7 Å². The molecule has 2 aromatic carbocycles. The first kappa shape index (κ1) is 20.6. The molecule has 1 N–H and O–H groups in total. The third-order valence-electron chi connectivity index (χ3n) is 4.91. The van der Waals surface area contributed by atoms with Crippen molar-refractivity contribution in [3.63, 3.8) is 0 Å². The third kappa shape index (κ3) is 4.42. The third-order valence-corrected chi connectivity index (χ3v) is 4.91. The summed E-state index contributed by atoms with van der Waals surface area (Å²) in [6.07, 6.45) is -4.36. The van der Waals surface area contributed by atoms with Gasteiger partial charge in [0.1, 0.15) is 5.82 Å². The van der Waals surface area contributed by atoms with Crippen molar-refractivity contribution < 1.29 is 18.0 Å². The molecule has 0 fully saturated rings. The molecule has 0 radical (unpaired) electrons. The molecule has 4 rings (SSSR count). The van der Waals surface area contributed by atoms with Crippen LogP contribution in [0.4, 0.5) is 19.0 Å². The Labute approximate surface area is 176 Å². The monoisotopic (exact) mass is 424 g/mol. The number of carbonyl (C=O) groups is 1. The molecule has 0 atom stereocenters. The van der Waals surface area contributed by atoms with Crippen LogP contribution in [0, 0.1) is 6.92 Å². The Kier molecular flexibility index (Phi) is 5.22. The van der Waals surface area contributed by atoms with Crippen LogP contribution in [-0.2, 0) is 24.4 Å². The highest BCUT2D eigenvalue weighted by atomic mass is 19.4. The Morgan fingerprint density at radius 2 is 1.84 bits per heavy atom. The molecule has 8 heteroatoms. The Balaban J connectivity index is 1.66. The van der Waals surface area contributed by atoms with Gasteiger partial charge in [0.2, 0.25) is 5.91 Å². The minimum absolute atomic E-state index is 0.0701. The molecule has 0 saturated heterocycles. The summed E-state index contributed by atoms with van der Waals surface area (Å²) in [5.41, 5.74) is 2.09. The van der Waals surface area contributed by atoms with E-state index >= 15 is 0 Å². The maximum atomic E-state index is 13.1. The molecule has 31 heavy (non-hydrogen) atoms. The normalized spacial score (nSPS) is 11.6. The van der Waals surface area contributed by atoms with Crippen LogP contribution in [-0.4, -0.2) is 20.7 Å². The van der Waals surface area contributed by atoms with Crippen LogP contribution in [0.15, 0.2) is 60.7 Å². The second-order valence-corrected chi connectivity index (χ2v) is 7.28. The average Bonchev–Trinajstić information content (AvgIpc) is 3.04. The fraction of sp³-hybridized carbons (Fsp3) is 0.174. The lowest BCUT2D eigenvalue weighted by molar-refractivity contribution is -0.137. The number of hydrogen-bond acceptors (Lipinski definition) is 3. The average molecular weight is 424 g/mol. The smallest absolute Gasteiger partial charge is 0.311 e. The lowest BCUT2D eigenvalue weighted by Crippen LogP contribution is -2.17. The summed E-state index contributed by atoms with van der Waals surface area (Å²) >= 11 is 0. The fourth-order valence-electron chi connectivity index (χ4n) is 3.45. The molecule has 0 saturated carbocycles. The number of carbonyl (C=O) groups excluding carboxylic acids is 1. The summed E-state index contributed by atoms with van der Waals surface area (Å²) < 4.78 is 40.8. The molecular weight excluding hydrogens is 405 g/mol. The highest BCUT2D eigenvalue weighted by molar-refractivity contribution is 5.95. The first-order chi connectivity index (χ1) is 14.7. The summed E-state index contributed by atoms with van der Waals surface area (Å²) in [7, 11) is 1.74. The van der Waals surface area contributed by atoms with Crippen LogP contribution < -0.4 is 5.32 Å².